The zero-order valence-electron chi connectivity index (χ0n) is 16.8. The van der Waals surface area contributed by atoms with Gasteiger partial charge in [0.1, 0.15) is 5.75 Å². The predicted molar refractivity (Wildman–Crippen MR) is 119 cm³/mol. The SMILES string of the molecule is CC/C=C(/Cc1ccccc1)N(CC)C(=NC)SCc1ccc(OC)cc1. The topological polar surface area (TPSA) is 24.8 Å². The lowest BCUT2D eigenvalue weighted by atomic mass is 10.1. The minimum Gasteiger partial charge on any atom is -0.497 e. The Labute approximate surface area is 168 Å². The first-order valence-corrected chi connectivity index (χ1v) is 10.4. The molecule has 0 aliphatic heterocycles. The largest absolute Gasteiger partial charge is 0.497 e. The molecule has 2 aromatic carbocycles. The first kappa shape index (κ1) is 21.1. The van der Waals surface area contributed by atoms with Crippen molar-refractivity contribution in [3.05, 3.63) is 77.5 Å². The second-order valence-corrected chi connectivity index (χ2v) is 7.10. The summed E-state index contributed by atoms with van der Waals surface area (Å²) in [5.74, 6) is 1.78. The van der Waals surface area contributed by atoms with E-state index in [4.69, 9.17) is 4.74 Å². The number of likely N-dealkylation sites (N-methyl/N-ethyl adjacent to an activating group) is 1. The van der Waals surface area contributed by atoms with E-state index in [1.807, 2.05) is 19.2 Å². The fourth-order valence-corrected chi connectivity index (χ4v) is 3.93. The fraction of sp³-hybridized carbons (Fsp3) is 0.348. The highest BCUT2D eigenvalue weighted by Crippen LogP contribution is 2.23. The monoisotopic (exact) mass is 382 g/mol. The van der Waals surface area contributed by atoms with E-state index in [0.717, 1.165) is 36.1 Å². The molecule has 0 aliphatic carbocycles. The van der Waals surface area contributed by atoms with Crippen molar-refractivity contribution >= 4 is 16.9 Å². The van der Waals surface area contributed by atoms with Crippen molar-refractivity contribution in [3.8, 4) is 5.75 Å². The van der Waals surface area contributed by atoms with Gasteiger partial charge in [-0.25, -0.2) is 0 Å². The number of ether oxygens (including phenoxy) is 1. The number of hydrogen-bond donors (Lipinski definition) is 0. The van der Waals surface area contributed by atoms with Gasteiger partial charge in [0.15, 0.2) is 5.17 Å². The Kier molecular flexibility index (Phi) is 8.99. The molecule has 3 nitrogen and oxygen atoms in total. The maximum Gasteiger partial charge on any atom is 0.163 e. The molecule has 27 heavy (non-hydrogen) atoms. The van der Waals surface area contributed by atoms with E-state index < -0.39 is 0 Å². The number of amidine groups is 1. The summed E-state index contributed by atoms with van der Waals surface area (Å²) in [4.78, 5) is 6.93. The number of thioether (sulfide) groups is 1. The number of hydrogen-bond acceptors (Lipinski definition) is 3. The van der Waals surface area contributed by atoms with Gasteiger partial charge in [0.2, 0.25) is 0 Å². The van der Waals surface area contributed by atoms with Gasteiger partial charge in [0.05, 0.1) is 7.11 Å². The van der Waals surface area contributed by atoms with Crippen molar-refractivity contribution in [2.24, 2.45) is 4.99 Å². The van der Waals surface area contributed by atoms with Crippen molar-refractivity contribution < 1.29 is 4.74 Å². The molecule has 0 spiro atoms. The minimum atomic E-state index is 0.887. The van der Waals surface area contributed by atoms with Crippen LogP contribution in [0.2, 0.25) is 0 Å². The van der Waals surface area contributed by atoms with Crippen LogP contribution in [0.3, 0.4) is 0 Å². The molecule has 2 aromatic rings. The lowest BCUT2D eigenvalue weighted by Gasteiger charge is -2.27. The lowest BCUT2D eigenvalue weighted by Crippen LogP contribution is -2.29. The number of methoxy groups -OCH3 is 1. The van der Waals surface area contributed by atoms with E-state index in [0.29, 0.717) is 0 Å². The van der Waals surface area contributed by atoms with Gasteiger partial charge in [0.25, 0.3) is 0 Å². The summed E-state index contributed by atoms with van der Waals surface area (Å²) >= 11 is 1.78. The molecule has 0 atom stereocenters. The van der Waals surface area contributed by atoms with E-state index in [9.17, 15) is 0 Å². The Balaban J connectivity index is 2.11. The highest BCUT2D eigenvalue weighted by atomic mass is 32.2. The van der Waals surface area contributed by atoms with Crippen LogP contribution in [-0.2, 0) is 12.2 Å². The maximum absolute atomic E-state index is 5.24. The third-order valence-electron chi connectivity index (χ3n) is 4.28. The molecule has 0 aromatic heterocycles. The van der Waals surface area contributed by atoms with Gasteiger partial charge in [-0.2, -0.15) is 0 Å². The first-order valence-electron chi connectivity index (χ1n) is 9.44. The summed E-state index contributed by atoms with van der Waals surface area (Å²) in [7, 11) is 3.57. The molecule has 2 rings (SSSR count). The maximum atomic E-state index is 5.24. The summed E-state index contributed by atoms with van der Waals surface area (Å²) in [6.07, 6.45) is 4.25. The number of rotatable bonds is 8. The highest BCUT2D eigenvalue weighted by molar-refractivity contribution is 8.13. The van der Waals surface area contributed by atoms with E-state index >= 15 is 0 Å². The average molecular weight is 383 g/mol. The van der Waals surface area contributed by atoms with Gasteiger partial charge in [-0.05, 0) is 36.6 Å². The molecule has 0 radical (unpaired) electrons. The van der Waals surface area contributed by atoms with Gasteiger partial charge in [-0.1, -0.05) is 67.2 Å². The van der Waals surface area contributed by atoms with Crippen LogP contribution in [0.4, 0.5) is 0 Å². The second kappa shape index (κ2) is 11.5. The van der Waals surface area contributed by atoms with Crippen molar-refractivity contribution in [3.63, 3.8) is 0 Å². The van der Waals surface area contributed by atoms with Crippen LogP contribution in [0, 0.1) is 0 Å². The van der Waals surface area contributed by atoms with Gasteiger partial charge < -0.3 is 9.64 Å². The molecular formula is C23H30N2OS. The number of nitrogens with zero attached hydrogens (tertiary/aromatic N) is 2. The average Bonchev–Trinajstić information content (AvgIpc) is 2.72. The summed E-state index contributed by atoms with van der Waals surface area (Å²) in [6, 6.07) is 18.9. The molecule has 0 amide bonds. The predicted octanol–water partition coefficient (Wildman–Crippen LogP) is 5.77. The number of benzene rings is 2. The molecule has 0 saturated carbocycles. The van der Waals surface area contributed by atoms with Crippen molar-refractivity contribution in [1.82, 2.24) is 4.90 Å². The Morgan fingerprint density at radius 3 is 2.30 bits per heavy atom. The van der Waals surface area contributed by atoms with Crippen molar-refractivity contribution in [2.75, 3.05) is 20.7 Å². The second-order valence-electron chi connectivity index (χ2n) is 6.15. The normalized spacial score (nSPS) is 12.1. The standard InChI is InChI=1S/C23H30N2OS/c1-5-10-21(17-19-11-8-7-9-12-19)25(6-2)23(24-3)27-18-20-13-15-22(26-4)16-14-20/h7-16H,5-6,17-18H2,1-4H3/b21-10-,24-23?. The number of aliphatic imine (C=N–C) groups is 1. The van der Waals surface area contributed by atoms with E-state index in [2.05, 4.69) is 72.3 Å². The summed E-state index contributed by atoms with van der Waals surface area (Å²) in [5.41, 5.74) is 3.90. The summed E-state index contributed by atoms with van der Waals surface area (Å²) in [6.45, 7) is 5.28. The molecule has 0 saturated heterocycles. The first-order chi connectivity index (χ1) is 13.2. The smallest absolute Gasteiger partial charge is 0.163 e. The quantitative estimate of drug-likeness (QED) is 0.428. The van der Waals surface area contributed by atoms with E-state index in [-0.39, 0.29) is 0 Å². The van der Waals surface area contributed by atoms with Gasteiger partial charge in [-0.15, -0.1) is 0 Å². The van der Waals surface area contributed by atoms with E-state index in [1.54, 1.807) is 18.9 Å². The van der Waals surface area contributed by atoms with E-state index in [1.165, 1.54) is 16.8 Å². The van der Waals surface area contributed by atoms with Crippen molar-refractivity contribution in [2.45, 2.75) is 32.4 Å². The third-order valence-corrected chi connectivity index (χ3v) is 5.42. The van der Waals surface area contributed by atoms with Crippen LogP contribution in [0.5, 0.6) is 5.75 Å². The molecule has 0 unspecified atom stereocenters. The van der Waals surface area contributed by atoms with Gasteiger partial charge >= 0.3 is 0 Å². The van der Waals surface area contributed by atoms with Gasteiger partial charge in [0, 0.05) is 31.5 Å². The van der Waals surface area contributed by atoms with Crippen LogP contribution in [-0.4, -0.2) is 30.8 Å². The lowest BCUT2D eigenvalue weighted by molar-refractivity contribution is 0.414. The Hall–Kier alpha value is -2.20. The molecule has 144 valence electrons. The molecule has 0 bridgehead atoms. The van der Waals surface area contributed by atoms with Crippen LogP contribution in [0.25, 0.3) is 0 Å². The molecule has 4 heteroatoms. The summed E-state index contributed by atoms with van der Waals surface area (Å²) < 4.78 is 5.24. The zero-order valence-corrected chi connectivity index (χ0v) is 17.6. The van der Waals surface area contributed by atoms with Crippen LogP contribution in [0.15, 0.2) is 71.4 Å². The van der Waals surface area contributed by atoms with Crippen LogP contribution >= 0.6 is 11.8 Å². The Morgan fingerprint density at radius 2 is 1.74 bits per heavy atom. The number of allylic oxidation sites excluding steroid dienone is 2. The Morgan fingerprint density at radius 1 is 1.04 bits per heavy atom. The zero-order chi connectivity index (χ0) is 19.5. The third kappa shape index (κ3) is 6.47. The summed E-state index contributed by atoms with van der Waals surface area (Å²) in [5, 5.41) is 1.06. The molecule has 0 N–H and O–H groups in total. The van der Waals surface area contributed by atoms with Crippen LogP contribution in [0.1, 0.15) is 31.4 Å². The minimum absolute atomic E-state index is 0.887. The highest BCUT2D eigenvalue weighted by Gasteiger charge is 2.15. The molecule has 0 fully saturated rings. The van der Waals surface area contributed by atoms with Crippen LogP contribution < -0.4 is 4.74 Å². The fourth-order valence-electron chi connectivity index (χ4n) is 2.91. The molecule has 0 heterocycles. The Bertz CT molecular complexity index is 739. The van der Waals surface area contributed by atoms with Gasteiger partial charge in [-0.3, -0.25) is 4.99 Å². The molecular weight excluding hydrogens is 352 g/mol. The van der Waals surface area contributed by atoms with Crippen molar-refractivity contribution in [1.29, 1.82) is 0 Å². The molecule has 0 aliphatic rings.